The van der Waals surface area contributed by atoms with Crippen LogP contribution < -0.4 is 0 Å². The van der Waals surface area contributed by atoms with Gasteiger partial charge in [0.15, 0.2) is 0 Å². The van der Waals surface area contributed by atoms with Gasteiger partial charge in [-0.2, -0.15) is 9.57 Å². The summed E-state index contributed by atoms with van der Waals surface area (Å²) in [5.41, 5.74) is 0.369. The van der Waals surface area contributed by atoms with Crippen molar-refractivity contribution in [2.24, 2.45) is 5.92 Å². The Labute approximate surface area is 160 Å². The highest BCUT2D eigenvalue weighted by atomic mass is 32.2. The fourth-order valence-electron chi connectivity index (χ4n) is 3.80. The normalized spacial score (nSPS) is 21.9. The number of amides is 1. The van der Waals surface area contributed by atoms with Crippen molar-refractivity contribution in [1.29, 1.82) is 5.26 Å². The summed E-state index contributed by atoms with van der Waals surface area (Å²) in [4.78, 5) is 14.6. The first kappa shape index (κ1) is 19.8. The molecule has 2 fully saturated rings. The average Bonchev–Trinajstić information content (AvgIpc) is 3.17. The second-order valence-corrected chi connectivity index (χ2v) is 8.98. The van der Waals surface area contributed by atoms with Crippen LogP contribution in [0, 0.1) is 17.2 Å². The number of sulfonamides is 1. The quantitative estimate of drug-likeness (QED) is 0.764. The van der Waals surface area contributed by atoms with Crippen molar-refractivity contribution in [1.82, 2.24) is 9.21 Å². The number of benzene rings is 1. The predicted molar refractivity (Wildman–Crippen MR) is 99.5 cm³/mol. The fourth-order valence-corrected chi connectivity index (χ4v) is 5.53. The smallest absolute Gasteiger partial charge is 0.253 e. The lowest BCUT2D eigenvalue weighted by Gasteiger charge is -2.29. The number of nitriles is 1. The largest absolute Gasteiger partial charge is 0.383 e. The van der Waals surface area contributed by atoms with Crippen molar-refractivity contribution >= 4 is 15.9 Å². The van der Waals surface area contributed by atoms with Gasteiger partial charge >= 0.3 is 0 Å². The highest BCUT2D eigenvalue weighted by Gasteiger charge is 2.35. The molecular weight excluding hydrogens is 366 g/mol. The van der Waals surface area contributed by atoms with E-state index in [2.05, 4.69) is 6.07 Å². The Kier molecular flexibility index (Phi) is 6.15. The third kappa shape index (κ3) is 4.15. The van der Waals surface area contributed by atoms with Crippen LogP contribution in [0.15, 0.2) is 29.2 Å². The van der Waals surface area contributed by atoms with Gasteiger partial charge in [0.25, 0.3) is 5.91 Å². The molecule has 1 aromatic rings. The van der Waals surface area contributed by atoms with Crippen LogP contribution in [0.2, 0.25) is 0 Å². The maximum Gasteiger partial charge on any atom is 0.253 e. The Hall–Kier alpha value is -1.95. The summed E-state index contributed by atoms with van der Waals surface area (Å²) in [6.07, 6.45) is 2.90. The van der Waals surface area contributed by atoms with Crippen LogP contribution in [-0.2, 0) is 14.8 Å². The third-order valence-corrected chi connectivity index (χ3v) is 7.28. The van der Waals surface area contributed by atoms with Gasteiger partial charge in [-0.15, -0.1) is 0 Å². The molecule has 3 rings (SSSR count). The lowest BCUT2D eigenvalue weighted by molar-refractivity contribution is 0.0707. The molecule has 2 heterocycles. The molecule has 7 nitrogen and oxygen atoms in total. The zero-order valence-corrected chi connectivity index (χ0v) is 16.3. The zero-order valence-electron chi connectivity index (χ0n) is 15.5. The molecule has 146 valence electrons. The number of ether oxygens (including phenoxy) is 1. The number of hydrogen-bond donors (Lipinski definition) is 0. The fraction of sp³-hybridized carbons (Fsp3) is 0.579. The number of nitrogens with zero attached hydrogens (tertiary/aromatic N) is 3. The number of methoxy groups -OCH3 is 1. The first-order valence-corrected chi connectivity index (χ1v) is 10.7. The number of carbonyl (C=O) groups is 1. The minimum absolute atomic E-state index is 0.00588. The third-order valence-electron chi connectivity index (χ3n) is 5.33. The van der Waals surface area contributed by atoms with E-state index in [0.29, 0.717) is 44.6 Å². The first-order valence-electron chi connectivity index (χ1n) is 9.27. The van der Waals surface area contributed by atoms with Gasteiger partial charge in [0.2, 0.25) is 10.0 Å². The van der Waals surface area contributed by atoms with E-state index in [4.69, 9.17) is 10.00 Å². The Balaban J connectivity index is 1.79. The molecule has 1 amide bonds. The van der Waals surface area contributed by atoms with Gasteiger partial charge in [-0.3, -0.25) is 4.79 Å². The van der Waals surface area contributed by atoms with E-state index in [1.807, 2.05) is 0 Å². The molecule has 2 saturated heterocycles. The summed E-state index contributed by atoms with van der Waals surface area (Å²) < 4.78 is 32.8. The number of hydrogen-bond acceptors (Lipinski definition) is 5. The van der Waals surface area contributed by atoms with E-state index in [0.717, 1.165) is 12.8 Å². The van der Waals surface area contributed by atoms with Crippen molar-refractivity contribution in [3.8, 4) is 6.07 Å². The van der Waals surface area contributed by atoms with Crippen molar-refractivity contribution in [3.63, 3.8) is 0 Å². The molecule has 0 radical (unpaired) electrons. The van der Waals surface area contributed by atoms with E-state index in [1.54, 1.807) is 24.1 Å². The Bertz CT molecular complexity index is 826. The van der Waals surface area contributed by atoms with Crippen molar-refractivity contribution in [2.75, 3.05) is 33.4 Å². The molecule has 0 aliphatic carbocycles. The molecule has 0 unspecified atom stereocenters. The first-order chi connectivity index (χ1) is 13.0. The summed E-state index contributed by atoms with van der Waals surface area (Å²) >= 11 is 0. The summed E-state index contributed by atoms with van der Waals surface area (Å²) in [7, 11) is -2.10. The van der Waals surface area contributed by atoms with Gasteiger partial charge in [-0.25, -0.2) is 8.42 Å². The lowest BCUT2D eigenvalue weighted by Crippen LogP contribution is -2.39. The average molecular weight is 391 g/mol. The summed E-state index contributed by atoms with van der Waals surface area (Å²) in [6, 6.07) is 8.35. The van der Waals surface area contributed by atoms with Crippen LogP contribution >= 0.6 is 0 Å². The Morgan fingerprint density at radius 2 is 2.00 bits per heavy atom. The summed E-state index contributed by atoms with van der Waals surface area (Å²) in [5.74, 6) is -0.188. The molecule has 1 atom stereocenters. The van der Waals surface area contributed by atoms with Gasteiger partial charge in [0.05, 0.1) is 17.6 Å². The molecule has 8 heteroatoms. The SMILES string of the molecule is COC[C@@H]1CCCN1S(=O)(=O)c1cccc(C(=O)N2CCC(C#N)CC2)c1. The van der Waals surface area contributed by atoms with Gasteiger partial charge in [-0.05, 0) is 43.9 Å². The molecule has 27 heavy (non-hydrogen) atoms. The minimum Gasteiger partial charge on any atom is -0.383 e. The Morgan fingerprint density at radius 3 is 2.67 bits per heavy atom. The number of rotatable bonds is 5. The molecule has 2 aliphatic rings. The van der Waals surface area contributed by atoms with Gasteiger partial charge < -0.3 is 9.64 Å². The topological polar surface area (TPSA) is 90.7 Å². The van der Waals surface area contributed by atoms with E-state index in [1.165, 1.54) is 16.4 Å². The molecule has 0 spiro atoms. The van der Waals surface area contributed by atoms with E-state index in [-0.39, 0.29) is 22.8 Å². The van der Waals surface area contributed by atoms with Crippen LogP contribution in [0.1, 0.15) is 36.0 Å². The molecular formula is C19H25N3O4S. The maximum absolute atomic E-state index is 13.1. The monoisotopic (exact) mass is 391 g/mol. The number of likely N-dealkylation sites (tertiary alicyclic amines) is 1. The molecule has 0 aromatic heterocycles. The molecule has 2 aliphatic heterocycles. The highest BCUT2D eigenvalue weighted by molar-refractivity contribution is 7.89. The summed E-state index contributed by atoms with van der Waals surface area (Å²) in [6.45, 7) is 1.88. The lowest BCUT2D eigenvalue weighted by atomic mass is 9.98. The molecule has 1 aromatic carbocycles. The highest BCUT2D eigenvalue weighted by Crippen LogP contribution is 2.27. The summed E-state index contributed by atoms with van der Waals surface area (Å²) in [5, 5.41) is 8.99. The van der Waals surface area contributed by atoms with Crippen LogP contribution in [0.3, 0.4) is 0 Å². The number of piperidine rings is 1. The second-order valence-electron chi connectivity index (χ2n) is 7.09. The van der Waals surface area contributed by atoms with E-state index < -0.39 is 10.0 Å². The van der Waals surface area contributed by atoms with Crippen LogP contribution in [0.4, 0.5) is 0 Å². The molecule has 0 N–H and O–H groups in total. The van der Waals surface area contributed by atoms with Gasteiger partial charge in [0, 0.05) is 44.3 Å². The van der Waals surface area contributed by atoms with Crippen LogP contribution in [0.25, 0.3) is 0 Å². The van der Waals surface area contributed by atoms with Gasteiger partial charge in [-0.1, -0.05) is 6.07 Å². The van der Waals surface area contributed by atoms with Crippen molar-refractivity contribution < 1.29 is 17.9 Å². The minimum atomic E-state index is -3.67. The molecule has 0 saturated carbocycles. The Morgan fingerprint density at radius 1 is 1.26 bits per heavy atom. The van der Waals surface area contributed by atoms with Crippen molar-refractivity contribution in [2.45, 2.75) is 36.6 Å². The molecule has 0 bridgehead atoms. The standard InChI is InChI=1S/C19H25N3O4S/c1-26-14-17-5-3-9-22(17)27(24,25)18-6-2-4-16(12-18)19(23)21-10-7-15(13-20)8-11-21/h2,4,6,12,15,17H,3,5,7-11,14H2,1H3/t17-/m0/s1. The van der Waals surface area contributed by atoms with Gasteiger partial charge in [0.1, 0.15) is 0 Å². The van der Waals surface area contributed by atoms with Crippen molar-refractivity contribution in [3.05, 3.63) is 29.8 Å². The van der Waals surface area contributed by atoms with E-state index in [9.17, 15) is 13.2 Å². The predicted octanol–water partition coefficient (Wildman–Crippen LogP) is 1.86. The number of carbonyl (C=O) groups excluding carboxylic acids is 1. The van der Waals surface area contributed by atoms with E-state index >= 15 is 0 Å². The zero-order chi connectivity index (χ0) is 19.4. The second kappa shape index (κ2) is 8.38. The van der Waals surface area contributed by atoms with Crippen LogP contribution in [-0.4, -0.2) is 62.9 Å². The van der Waals surface area contributed by atoms with Crippen LogP contribution in [0.5, 0.6) is 0 Å². The maximum atomic E-state index is 13.1.